The Balaban J connectivity index is 1.45. The number of amides is 2. The molecule has 0 aliphatic carbocycles. The van der Waals surface area contributed by atoms with Gasteiger partial charge in [0.2, 0.25) is 15.9 Å². The molecule has 0 bridgehead atoms. The molecule has 1 aromatic rings. The summed E-state index contributed by atoms with van der Waals surface area (Å²) in [6.45, 7) is 3.99. The number of hydrogen-bond donors (Lipinski definition) is 0. The fraction of sp³-hybridized carbons (Fsp3) is 0.647. The molecule has 0 saturated carbocycles. The van der Waals surface area contributed by atoms with Crippen LogP contribution in [0.25, 0.3) is 0 Å². The van der Waals surface area contributed by atoms with E-state index in [0.29, 0.717) is 52.4 Å². The van der Waals surface area contributed by atoms with Crippen molar-refractivity contribution in [2.45, 2.75) is 6.42 Å². The maximum Gasteiger partial charge on any atom is 0.289 e. The third kappa shape index (κ3) is 4.88. The SMILES string of the molecule is CN1CCN(S(=O)(=O)CCC(=O)N2CCN(C(=O)c3ccco3)CC2)CC1. The van der Waals surface area contributed by atoms with Crippen LogP contribution in [0, 0.1) is 0 Å². The number of nitrogens with zero attached hydrogens (tertiary/aromatic N) is 4. The smallest absolute Gasteiger partial charge is 0.289 e. The number of likely N-dealkylation sites (N-methyl/N-ethyl adjacent to an activating group) is 1. The Morgan fingerprint density at radius 1 is 1.00 bits per heavy atom. The van der Waals surface area contributed by atoms with Gasteiger partial charge < -0.3 is 19.1 Å². The second kappa shape index (κ2) is 8.41. The van der Waals surface area contributed by atoms with E-state index in [1.807, 2.05) is 7.05 Å². The molecule has 2 aliphatic rings. The molecule has 2 saturated heterocycles. The number of carbonyl (C=O) groups is 2. The lowest BCUT2D eigenvalue weighted by Gasteiger charge is -2.35. The summed E-state index contributed by atoms with van der Waals surface area (Å²) in [6.07, 6.45) is 1.43. The molecule has 2 aliphatic heterocycles. The van der Waals surface area contributed by atoms with Crippen molar-refractivity contribution in [2.75, 3.05) is 65.2 Å². The van der Waals surface area contributed by atoms with E-state index in [1.54, 1.807) is 21.9 Å². The lowest BCUT2D eigenvalue weighted by molar-refractivity contribution is -0.132. The third-order valence-corrected chi connectivity index (χ3v) is 6.95. The van der Waals surface area contributed by atoms with E-state index in [2.05, 4.69) is 4.90 Å². The van der Waals surface area contributed by atoms with Gasteiger partial charge in [-0.25, -0.2) is 8.42 Å². The van der Waals surface area contributed by atoms with Gasteiger partial charge >= 0.3 is 0 Å². The number of furan rings is 1. The maximum atomic E-state index is 12.4. The molecule has 27 heavy (non-hydrogen) atoms. The largest absolute Gasteiger partial charge is 0.459 e. The normalized spacial score (nSPS) is 20.0. The highest BCUT2D eigenvalue weighted by Gasteiger charge is 2.29. The number of rotatable bonds is 5. The Morgan fingerprint density at radius 3 is 2.22 bits per heavy atom. The van der Waals surface area contributed by atoms with E-state index in [9.17, 15) is 18.0 Å². The zero-order valence-electron chi connectivity index (χ0n) is 15.5. The van der Waals surface area contributed by atoms with Crippen LogP contribution in [-0.2, 0) is 14.8 Å². The van der Waals surface area contributed by atoms with Gasteiger partial charge in [0.1, 0.15) is 0 Å². The van der Waals surface area contributed by atoms with Gasteiger partial charge in [0.05, 0.1) is 12.0 Å². The molecule has 1 aromatic heterocycles. The van der Waals surface area contributed by atoms with Crippen LogP contribution in [0.1, 0.15) is 17.0 Å². The average Bonchev–Trinajstić information content (AvgIpc) is 3.21. The number of carbonyl (C=O) groups excluding carboxylic acids is 2. The first-order chi connectivity index (χ1) is 12.9. The van der Waals surface area contributed by atoms with Crippen molar-refractivity contribution in [1.29, 1.82) is 0 Å². The molecule has 9 nitrogen and oxygen atoms in total. The van der Waals surface area contributed by atoms with E-state index >= 15 is 0 Å². The summed E-state index contributed by atoms with van der Waals surface area (Å²) in [5, 5.41) is 0. The van der Waals surface area contributed by atoms with Crippen molar-refractivity contribution in [3.05, 3.63) is 24.2 Å². The van der Waals surface area contributed by atoms with E-state index in [1.165, 1.54) is 10.6 Å². The van der Waals surface area contributed by atoms with Crippen molar-refractivity contribution in [1.82, 2.24) is 19.0 Å². The van der Waals surface area contributed by atoms with E-state index in [0.717, 1.165) is 0 Å². The molecule has 0 spiro atoms. The summed E-state index contributed by atoms with van der Waals surface area (Å²) < 4.78 is 31.4. The zero-order chi connectivity index (χ0) is 19.4. The molecule has 150 valence electrons. The Morgan fingerprint density at radius 2 is 1.63 bits per heavy atom. The molecule has 10 heteroatoms. The Kier molecular flexibility index (Phi) is 6.18. The summed E-state index contributed by atoms with van der Waals surface area (Å²) >= 11 is 0. The van der Waals surface area contributed by atoms with Crippen molar-refractivity contribution < 1.29 is 22.4 Å². The van der Waals surface area contributed by atoms with Crippen LogP contribution in [-0.4, -0.2) is 104 Å². The average molecular weight is 398 g/mol. The second-order valence-corrected chi connectivity index (χ2v) is 9.01. The summed E-state index contributed by atoms with van der Waals surface area (Å²) in [6, 6.07) is 3.27. The Bertz CT molecular complexity index is 748. The van der Waals surface area contributed by atoms with Crippen LogP contribution >= 0.6 is 0 Å². The van der Waals surface area contributed by atoms with E-state index < -0.39 is 10.0 Å². The van der Waals surface area contributed by atoms with Crippen LogP contribution in [0.15, 0.2) is 22.8 Å². The van der Waals surface area contributed by atoms with E-state index in [-0.39, 0.29) is 29.7 Å². The molecular formula is C17H26N4O5S. The predicted molar refractivity (Wildman–Crippen MR) is 98.7 cm³/mol. The number of hydrogen-bond acceptors (Lipinski definition) is 6. The number of piperazine rings is 2. The minimum atomic E-state index is -3.41. The number of sulfonamides is 1. The maximum absolute atomic E-state index is 12.4. The zero-order valence-corrected chi connectivity index (χ0v) is 16.4. The van der Waals surface area contributed by atoms with Crippen LogP contribution in [0.4, 0.5) is 0 Å². The van der Waals surface area contributed by atoms with Gasteiger partial charge in [0.15, 0.2) is 5.76 Å². The van der Waals surface area contributed by atoms with Gasteiger partial charge in [-0.2, -0.15) is 4.31 Å². The van der Waals surface area contributed by atoms with Gasteiger partial charge in [-0.05, 0) is 19.2 Å². The minimum absolute atomic E-state index is 0.0270. The molecule has 3 heterocycles. The lowest BCUT2D eigenvalue weighted by atomic mass is 10.2. The standard InChI is InChI=1S/C17H26N4O5S/c1-18-5-11-21(12-6-18)27(24,25)14-4-16(22)19-7-9-20(10-8-19)17(23)15-3-2-13-26-15/h2-3,13H,4-12,14H2,1H3. The fourth-order valence-electron chi connectivity index (χ4n) is 3.28. The molecule has 2 amide bonds. The second-order valence-electron chi connectivity index (χ2n) is 6.92. The summed E-state index contributed by atoms with van der Waals surface area (Å²) in [4.78, 5) is 30.0. The topological polar surface area (TPSA) is 94.4 Å². The van der Waals surface area contributed by atoms with E-state index in [4.69, 9.17) is 4.42 Å². The monoisotopic (exact) mass is 398 g/mol. The molecule has 0 aromatic carbocycles. The first kappa shape index (κ1) is 19.8. The van der Waals surface area contributed by atoms with Gasteiger partial charge in [-0.1, -0.05) is 0 Å². The van der Waals surface area contributed by atoms with Crippen molar-refractivity contribution in [3.8, 4) is 0 Å². The molecule has 0 N–H and O–H groups in total. The molecule has 3 rings (SSSR count). The van der Waals surface area contributed by atoms with Gasteiger partial charge in [-0.15, -0.1) is 0 Å². The van der Waals surface area contributed by atoms with Crippen LogP contribution in [0.2, 0.25) is 0 Å². The van der Waals surface area contributed by atoms with Crippen molar-refractivity contribution in [3.63, 3.8) is 0 Å². The van der Waals surface area contributed by atoms with Crippen molar-refractivity contribution >= 4 is 21.8 Å². The molecule has 0 atom stereocenters. The highest BCUT2D eigenvalue weighted by molar-refractivity contribution is 7.89. The minimum Gasteiger partial charge on any atom is -0.459 e. The highest BCUT2D eigenvalue weighted by Crippen LogP contribution is 2.12. The summed E-state index contributed by atoms with van der Waals surface area (Å²) in [7, 11) is -1.45. The third-order valence-electron chi connectivity index (χ3n) is 5.08. The van der Waals surface area contributed by atoms with Crippen LogP contribution in [0.3, 0.4) is 0 Å². The summed E-state index contributed by atoms with van der Waals surface area (Å²) in [5.74, 6) is -0.253. The molecule has 2 fully saturated rings. The first-order valence-corrected chi connectivity index (χ1v) is 10.7. The van der Waals surface area contributed by atoms with Gasteiger partial charge in [0, 0.05) is 58.8 Å². The lowest BCUT2D eigenvalue weighted by Crippen LogP contribution is -2.51. The molecule has 0 unspecified atom stereocenters. The first-order valence-electron chi connectivity index (χ1n) is 9.14. The Hall–Kier alpha value is -1.91. The highest BCUT2D eigenvalue weighted by atomic mass is 32.2. The molecular weight excluding hydrogens is 372 g/mol. The van der Waals surface area contributed by atoms with Crippen molar-refractivity contribution in [2.24, 2.45) is 0 Å². The van der Waals surface area contributed by atoms with Gasteiger partial charge in [-0.3, -0.25) is 9.59 Å². The summed E-state index contributed by atoms with van der Waals surface area (Å²) in [5.41, 5.74) is 0. The quantitative estimate of drug-likeness (QED) is 0.666. The Labute approximate surface area is 159 Å². The predicted octanol–water partition coefficient (Wildman–Crippen LogP) is -0.469. The van der Waals surface area contributed by atoms with Crippen LogP contribution in [0.5, 0.6) is 0 Å². The molecule has 0 radical (unpaired) electrons. The van der Waals surface area contributed by atoms with Crippen LogP contribution < -0.4 is 0 Å². The fourth-order valence-corrected chi connectivity index (χ4v) is 4.70. The van der Waals surface area contributed by atoms with Gasteiger partial charge in [0.25, 0.3) is 5.91 Å².